The largest absolute Gasteiger partial charge is 0.497 e. The van der Waals surface area contributed by atoms with Crippen LogP contribution in [0.1, 0.15) is 15.9 Å². The van der Waals surface area contributed by atoms with Crippen molar-refractivity contribution in [3.63, 3.8) is 0 Å². The van der Waals surface area contributed by atoms with E-state index in [0.717, 1.165) is 5.56 Å². The molecule has 2 aliphatic rings. The van der Waals surface area contributed by atoms with Crippen molar-refractivity contribution in [2.75, 3.05) is 34.0 Å². The molecule has 0 amide bonds. The Labute approximate surface area is 150 Å². The molecule has 0 aliphatic carbocycles. The van der Waals surface area contributed by atoms with Gasteiger partial charge in [0.05, 0.1) is 19.8 Å². The highest BCUT2D eigenvalue weighted by atomic mass is 16.6. The highest BCUT2D eigenvalue weighted by Crippen LogP contribution is 2.41. The zero-order chi connectivity index (χ0) is 18.1. The molecule has 0 aromatic heterocycles. The lowest BCUT2D eigenvalue weighted by atomic mass is 9.98. The fraction of sp³-hybridized carbons (Fsp3) is 0.250. The second-order valence-corrected chi connectivity index (χ2v) is 5.90. The number of fused-ring (bicyclic) bond motifs is 2. The number of ketones is 1. The number of rotatable bonds is 3. The minimum atomic E-state index is -0.0843. The fourth-order valence-electron chi connectivity index (χ4n) is 3.02. The smallest absolute Gasteiger partial charge is 0.203 e. The van der Waals surface area contributed by atoms with E-state index in [4.69, 9.17) is 23.7 Å². The number of carbonyl (C=O) groups excluding carboxylic acids is 1. The fourth-order valence-corrected chi connectivity index (χ4v) is 3.02. The Morgan fingerprint density at radius 1 is 0.962 bits per heavy atom. The van der Waals surface area contributed by atoms with Gasteiger partial charge in [-0.15, -0.1) is 0 Å². The van der Waals surface area contributed by atoms with Crippen LogP contribution in [0.5, 0.6) is 28.7 Å². The molecule has 6 heteroatoms. The molecule has 0 bridgehead atoms. The van der Waals surface area contributed by atoms with Crippen molar-refractivity contribution >= 4 is 11.9 Å². The van der Waals surface area contributed by atoms with Gasteiger partial charge in [0.1, 0.15) is 31.3 Å². The lowest BCUT2D eigenvalue weighted by molar-refractivity contribution is 0.100. The quantitative estimate of drug-likeness (QED) is 0.789. The Kier molecular flexibility index (Phi) is 4.16. The van der Waals surface area contributed by atoms with Crippen LogP contribution >= 0.6 is 0 Å². The molecule has 134 valence electrons. The molecule has 0 saturated heterocycles. The minimum Gasteiger partial charge on any atom is -0.497 e. The first-order valence-electron chi connectivity index (χ1n) is 8.23. The lowest BCUT2D eigenvalue weighted by Gasteiger charge is -2.22. The molecule has 2 aliphatic heterocycles. The van der Waals surface area contributed by atoms with Crippen molar-refractivity contribution in [3.8, 4) is 28.7 Å². The average molecular weight is 354 g/mol. The monoisotopic (exact) mass is 354 g/mol. The summed E-state index contributed by atoms with van der Waals surface area (Å²) < 4.78 is 27.6. The first kappa shape index (κ1) is 16.3. The van der Waals surface area contributed by atoms with Gasteiger partial charge in [-0.2, -0.15) is 0 Å². The van der Waals surface area contributed by atoms with Gasteiger partial charge in [-0.25, -0.2) is 0 Å². The molecule has 0 fully saturated rings. The van der Waals surface area contributed by atoms with Crippen LogP contribution in [0.2, 0.25) is 0 Å². The first-order valence-corrected chi connectivity index (χ1v) is 8.23. The van der Waals surface area contributed by atoms with Crippen molar-refractivity contribution in [3.05, 3.63) is 47.0 Å². The molecule has 0 spiro atoms. The van der Waals surface area contributed by atoms with Gasteiger partial charge in [-0.1, -0.05) is 0 Å². The Balaban J connectivity index is 1.71. The molecule has 6 nitrogen and oxygen atoms in total. The highest BCUT2D eigenvalue weighted by molar-refractivity contribution is 6.14. The van der Waals surface area contributed by atoms with Crippen LogP contribution in [0.15, 0.2) is 35.9 Å². The second kappa shape index (κ2) is 6.63. The van der Waals surface area contributed by atoms with Crippen LogP contribution in [0.4, 0.5) is 0 Å². The highest BCUT2D eigenvalue weighted by Gasteiger charge is 2.25. The van der Waals surface area contributed by atoms with Crippen LogP contribution in [0.25, 0.3) is 6.08 Å². The van der Waals surface area contributed by atoms with E-state index >= 15 is 0 Å². The van der Waals surface area contributed by atoms with Crippen molar-refractivity contribution in [2.45, 2.75) is 0 Å². The van der Waals surface area contributed by atoms with E-state index in [0.29, 0.717) is 53.1 Å². The SMILES string of the molecule is COc1ccc2c(c1)C(=O)/C(=C/c1cc(OC)c3c(c1)OCCO3)CO2. The Morgan fingerprint density at radius 3 is 2.62 bits per heavy atom. The molecule has 26 heavy (non-hydrogen) atoms. The normalized spacial score (nSPS) is 16.7. The Morgan fingerprint density at radius 2 is 1.81 bits per heavy atom. The molecule has 2 aromatic rings. The number of Topliss-reactive ketones (excluding diaryl/α,β-unsaturated/α-hetero) is 1. The van der Waals surface area contributed by atoms with Gasteiger partial charge < -0.3 is 23.7 Å². The number of hydrogen-bond acceptors (Lipinski definition) is 6. The van der Waals surface area contributed by atoms with E-state index in [2.05, 4.69) is 0 Å². The van der Waals surface area contributed by atoms with Gasteiger partial charge in [0.25, 0.3) is 0 Å². The van der Waals surface area contributed by atoms with Gasteiger partial charge in [-0.3, -0.25) is 4.79 Å². The number of benzene rings is 2. The van der Waals surface area contributed by atoms with Crippen molar-refractivity contribution in [1.82, 2.24) is 0 Å². The summed E-state index contributed by atoms with van der Waals surface area (Å²) in [6, 6.07) is 8.85. The maximum atomic E-state index is 12.8. The molecule has 4 rings (SSSR count). The van der Waals surface area contributed by atoms with Gasteiger partial charge in [0.2, 0.25) is 5.75 Å². The molecular formula is C20H18O6. The standard InChI is InChI=1S/C20H18O6/c1-22-14-3-4-16-15(10-14)19(21)13(11-26-16)7-12-8-17(23-2)20-18(9-12)24-5-6-25-20/h3-4,7-10H,5-6,11H2,1-2H3/b13-7+. The summed E-state index contributed by atoms with van der Waals surface area (Å²) in [7, 11) is 3.13. The first-order chi connectivity index (χ1) is 12.7. The maximum absolute atomic E-state index is 12.8. The predicted octanol–water partition coefficient (Wildman–Crippen LogP) is 3.13. The van der Waals surface area contributed by atoms with Gasteiger partial charge in [0.15, 0.2) is 17.3 Å². The van der Waals surface area contributed by atoms with Gasteiger partial charge >= 0.3 is 0 Å². The molecule has 0 atom stereocenters. The molecule has 2 aromatic carbocycles. The van der Waals surface area contributed by atoms with Gasteiger partial charge in [0, 0.05) is 5.57 Å². The third-order valence-electron chi connectivity index (χ3n) is 4.30. The van der Waals surface area contributed by atoms with E-state index < -0.39 is 0 Å². The molecule has 0 radical (unpaired) electrons. The summed E-state index contributed by atoms with van der Waals surface area (Å²) >= 11 is 0. The zero-order valence-electron chi connectivity index (χ0n) is 14.5. The predicted molar refractivity (Wildman–Crippen MR) is 94.8 cm³/mol. The van der Waals surface area contributed by atoms with Crippen LogP contribution < -0.4 is 23.7 Å². The number of methoxy groups -OCH3 is 2. The zero-order valence-corrected chi connectivity index (χ0v) is 14.5. The molecular weight excluding hydrogens is 336 g/mol. The van der Waals surface area contributed by atoms with E-state index in [9.17, 15) is 4.79 Å². The molecule has 2 heterocycles. The molecule has 0 saturated carbocycles. The second-order valence-electron chi connectivity index (χ2n) is 5.90. The number of hydrogen-bond donors (Lipinski definition) is 0. The Hall–Kier alpha value is -3.15. The lowest BCUT2D eigenvalue weighted by Crippen LogP contribution is -2.19. The summed E-state index contributed by atoms with van der Waals surface area (Å²) in [5, 5.41) is 0. The molecule has 0 unspecified atom stereocenters. The summed E-state index contributed by atoms with van der Waals surface area (Å²) in [6.45, 7) is 1.16. The third kappa shape index (κ3) is 2.83. The van der Waals surface area contributed by atoms with E-state index in [1.165, 1.54) is 0 Å². The summed E-state index contributed by atoms with van der Waals surface area (Å²) in [4.78, 5) is 12.8. The minimum absolute atomic E-state index is 0.0843. The van der Waals surface area contributed by atoms with Gasteiger partial charge in [-0.05, 0) is 42.0 Å². The van der Waals surface area contributed by atoms with E-state index in [1.807, 2.05) is 12.1 Å². The average Bonchev–Trinajstić information content (AvgIpc) is 2.69. The summed E-state index contributed by atoms with van der Waals surface area (Å²) in [5.74, 6) is 2.85. The van der Waals surface area contributed by atoms with Crippen molar-refractivity contribution < 1.29 is 28.5 Å². The Bertz CT molecular complexity index is 882. The summed E-state index contributed by atoms with van der Waals surface area (Å²) in [5.41, 5.74) is 1.82. The number of carbonyl (C=O) groups is 1. The van der Waals surface area contributed by atoms with Crippen LogP contribution in [0.3, 0.4) is 0 Å². The van der Waals surface area contributed by atoms with E-state index in [1.54, 1.807) is 38.5 Å². The van der Waals surface area contributed by atoms with Crippen LogP contribution in [0, 0.1) is 0 Å². The maximum Gasteiger partial charge on any atom is 0.203 e. The summed E-state index contributed by atoms with van der Waals surface area (Å²) in [6.07, 6.45) is 1.78. The molecule has 0 N–H and O–H groups in total. The van der Waals surface area contributed by atoms with Crippen LogP contribution in [-0.4, -0.2) is 39.8 Å². The third-order valence-corrected chi connectivity index (χ3v) is 4.30. The van der Waals surface area contributed by atoms with E-state index in [-0.39, 0.29) is 12.4 Å². The van der Waals surface area contributed by atoms with Crippen LogP contribution in [-0.2, 0) is 0 Å². The van der Waals surface area contributed by atoms with Crippen molar-refractivity contribution in [2.24, 2.45) is 0 Å². The number of ether oxygens (including phenoxy) is 5. The topological polar surface area (TPSA) is 63.2 Å². The van der Waals surface area contributed by atoms with Crippen molar-refractivity contribution in [1.29, 1.82) is 0 Å².